The van der Waals surface area contributed by atoms with Crippen LogP contribution in [-0.4, -0.2) is 38.5 Å². The summed E-state index contributed by atoms with van der Waals surface area (Å²) in [4.78, 5) is 50.2. The number of carbonyl (C=O) groups is 3. The first-order chi connectivity index (χ1) is 25.7. The van der Waals surface area contributed by atoms with Crippen molar-refractivity contribution in [3.05, 3.63) is 163 Å². The molecule has 2 aromatic heterocycles. The number of nitrogens with zero attached hydrogens (tertiary/aromatic N) is 2. The Balaban J connectivity index is 0.921. The van der Waals surface area contributed by atoms with Crippen LogP contribution in [0.15, 0.2) is 109 Å². The smallest absolute Gasteiger partial charge is 0.180 e. The third kappa shape index (κ3) is 5.08. The molecule has 3 aliphatic rings. The van der Waals surface area contributed by atoms with Gasteiger partial charge in [-0.05, 0) is 87.3 Å². The van der Waals surface area contributed by atoms with Crippen LogP contribution in [0, 0.1) is 11.8 Å². The van der Waals surface area contributed by atoms with Gasteiger partial charge in [0, 0.05) is 33.7 Å². The fourth-order valence-corrected chi connectivity index (χ4v) is 9.17. The Morgan fingerprint density at radius 2 is 1.11 bits per heavy atom. The lowest BCUT2D eigenvalue weighted by molar-refractivity contribution is -0.121. The van der Waals surface area contributed by atoms with Gasteiger partial charge in [-0.1, -0.05) is 96.0 Å². The second-order valence-electron chi connectivity index (χ2n) is 14.3. The number of fused-ring (bicyclic) bond motifs is 6. The molecule has 7 aromatic rings. The Morgan fingerprint density at radius 3 is 1.72 bits per heavy atom. The SMILES string of the molecule is O=C1c2cc3ccccc3cc2C(=O)C1c1ccc2cc(Cc3cc(Cl)c4nc(C5C(=O)C6C=c7ccccc7=CC6[C@H]5O)ccc4c3)cc(Cl)c2n1. The predicted molar refractivity (Wildman–Crippen MR) is 207 cm³/mol. The van der Waals surface area contributed by atoms with Crippen LogP contribution >= 0.6 is 23.2 Å². The highest BCUT2D eigenvalue weighted by molar-refractivity contribution is 6.36. The minimum absolute atomic E-state index is 0.0390. The summed E-state index contributed by atoms with van der Waals surface area (Å²) in [5.41, 5.74) is 4.69. The topological polar surface area (TPSA) is 97.2 Å². The molecule has 53 heavy (non-hydrogen) atoms. The van der Waals surface area contributed by atoms with Crippen LogP contribution < -0.4 is 10.4 Å². The first kappa shape index (κ1) is 32.1. The zero-order valence-electron chi connectivity index (χ0n) is 28.0. The van der Waals surface area contributed by atoms with E-state index in [2.05, 4.69) is 0 Å². The number of Topliss-reactive ketones (excluding diaryl/α,β-unsaturated/α-hetero) is 3. The summed E-state index contributed by atoms with van der Waals surface area (Å²) < 4.78 is 0. The molecule has 1 N–H and O–H groups in total. The number of hydrogen-bond acceptors (Lipinski definition) is 6. The molecule has 0 aliphatic heterocycles. The number of aromatic nitrogens is 2. The van der Waals surface area contributed by atoms with E-state index in [-0.39, 0.29) is 23.3 Å². The van der Waals surface area contributed by atoms with Crippen LogP contribution in [0.5, 0.6) is 0 Å². The first-order valence-electron chi connectivity index (χ1n) is 17.5. The van der Waals surface area contributed by atoms with Crippen LogP contribution in [0.1, 0.15) is 55.1 Å². The van der Waals surface area contributed by atoms with E-state index in [4.69, 9.17) is 33.2 Å². The van der Waals surface area contributed by atoms with Crippen molar-refractivity contribution in [2.75, 3.05) is 0 Å². The third-order valence-electron chi connectivity index (χ3n) is 11.1. The van der Waals surface area contributed by atoms with Crippen LogP contribution in [0.25, 0.3) is 44.7 Å². The van der Waals surface area contributed by atoms with Crippen LogP contribution in [-0.2, 0) is 11.2 Å². The minimum Gasteiger partial charge on any atom is -0.391 e. The van der Waals surface area contributed by atoms with Gasteiger partial charge >= 0.3 is 0 Å². The van der Waals surface area contributed by atoms with E-state index < -0.39 is 23.9 Å². The summed E-state index contributed by atoms with van der Waals surface area (Å²) >= 11 is 13.7. The maximum Gasteiger partial charge on any atom is 0.180 e. The molecular weight excluding hydrogens is 703 g/mol. The highest BCUT2D eigenvalue weighted by Gasteiger charge is 2.49. The summed E-state index contributed by atoms with van der Waals surface area (Å²) in [6.07, 6.45) is 3.61. The van der Waals surface area contributed by atoms with Gasteiger partial charge in [0.25, 0.3) is 0 Å². The maximum absolute atomic E-state index is 13.6. The van der Waals surface area contributed by atoms with Gasteiger partial charge in [0.2, 0.25) is 0 Å². The molecule has 1 fully saturated rings. The van der Waals surface area contributed by atoms with Gasteiger partial charge in [0.1, 0.15) is 5.92 Å². The number of aliphatic hydroxyl groups excluding tert-OH is 1. The molecule has 0 radical (unpaired) electrons. The Kier molecular flexibility index (Phi) is 7.28. The van der Waals surface area contributed by atoms with Crippen molar-refractivity contribution >= 4 is 85.3 Å². The van der Waals surface area contributed by atoms with Crippen LogP contribution in [0.3, 0.4) is 0 Å². The number of ketones is 3. The number of halogens is 2. The van der Waals surface area contributed by atoms with Crippen molar-refractivity contribution in [2.45, 2.75) is 24.4 Å². The van der Waals surface area contributed by atoms with E-state index in [0.717, 1.165) is 43.1 Å². The monoisotopic (exact) mass is 730 g/mol. The van der Waals surface area contributed by atoms with Crippen molar-refractivity contribution in [3.63, 3.8) is 0 Å². The number of aliphatic hydroxyl groups is 1. The summed E-state index contributed by atoms with van der Waals surface area (Å²) in [5, 5.41) is 17.7. The number of benzene rings is 5. The van der Waals surface area contributed by atoms with E-state index in [0.29, 0.717) is 50.0 Å². The van der Waals surface area contributed by atoms with E-state index in [9.17, 15) is 19.5 Å². The molecule has 6 nitrogen and oxygen atoms in total. The average molecular weight is 732 g/mol. The number of carbonyl (C=O) groups excluding carboxylic acids is 3. The largest absolute Gasteiger partial charge is 0.391 e. The van der Waals surface area contributed by atoms with Crippen molar-refractivity contribution in [3.8, 4) is 0 Å². The molecule has 0 saturated heterocycles. The third-order valence-corrected chi connectivity index (χ3v) is 11.7. The minimum atomic E-state index is -1.01. The first-order valence-corrected chi connectivity index (χ1v) is 18.3. The highest BCUT2D eigenvalue weighted by Crippen LogP contribution is 2.43. The second-order valence-corrected chi connectivity index (χ2v) is 15.1. The van der Waals surface area contributed by atoms with E-state index in [1.54, 1.807) is 18.2 Å². The van der Waals surface area contributed by atoms with Gasteiger partial charge in [-0.25, -0.2) is 4.98 Å². The quantitative estimate of drug-likeness (QED) is 0.188. The van der Waals surface area contributed by atoms with Gasteiger partial charge in [-0.3, -0.25) is 19.4 Å². The van der Waals surface area contributed by atoms with Crippen molar-refractivity contribution in [1.29, 1.82) is 0 Å². The van der Waals surface area contributed by atoms with Gasteiger partial charge in [0.05, 0.1) is 44.5 Å². The summed E-state index contributed by atoms with van der Waals surface area (Å²) in [7, 11) is 0. The van der Waals surface area contributed by atoms with Crippen molar-refractivity contribution < 1.29 is 19.5 Å². The molecule has 3 unspecified atom stereocenters. The molecule has 256 valence electrons. The Bertz CT molecular complexity index is 2870. The molecule has 0 amide bonds. The number of pyridine rings is 2. The zero-order chi connectivity index (χ0) is 36.1. The maximum atomic E-state index is 13.6. The van der Waals surface area contributed by atoms with Gasteiger partial charge in [-0.2, -0.15) is 0 Å². The molecule has 5 aromatic carbocycles. The lowest BCUT2D eigenvalue weighted by Gasteiger charge is -2.19. The predicted octanol–water partition coefficient (Wildman–Crippen LogP) is 7.53. The standard InChI is InChI=1S/C45H28Cl2N2O4/c46-34-16-22(14-28-9-11-36(48-40(28)34)38-42(50)30-18-24-5-1-2-6-25(24)19-31(30)43(38)51)13-23-15-29-10-12-37(49-41(29)35(47)17-23)39-44(52)32-20-26-7-3-4-8-27(26)21-33(32)45(39)53/h1-12,14-21,30-31,38-39,42,50H,13H2/t30?,31?,38?,42-/m1/s1. The van der Waals surface area contributed by atoms with Gasteiger partial charge in [-0.15, -0.1) is 0 Å². The second kappa shape index (κ2) is 12.0. The average Bonchev–Trinajstić information content (AvgIpc) is 3.55. The van der Waals surface area contributed by atoms with Crippen molar-refractivity contribution in [2.24, 2.45) is 11.8 Å². The fraction of sp³-hybridized carbons (Fsp3) is 0.133. The normalized spacial score (nSPS) is 20.8. The van der Waals surface area contributed by atoms with E-state index in [1.807, 2.05) is 103 Å². The summed E-state index contributed by atoms with van der Waals surface area (Å²) in [6.45, 7) is 0. The van der Waals surface area contributed by atoms with Gasteiger partial charge < -0.3 is 5.11 Å². The Morgan fingerprint density at radius 1 is 0.585 bits per heavy atom. The Labute approximate surface area is 313 Å². The lowest BCUT2D eigenvalue weighted by atomic mass is 9.88. The van der Waals surface area contributed by atoms with Crippen LogP contribution in [0.4, 0.5) is 0 Å². The van der Waals surface area contributed by atoms with Crippen LogP contribution in [0.2, 0.25) is 10.0 Å². The summed E-state index contributed by atoms with van der Waals surface area (Å²) in [5.74, 6) is -3.01. The molecular formula is C45H28Cl2N2O4. The molecule has 10 rings (SSSR count). The molecule has 2 heterocycles. The Hall–Kier alpha value is -5.53. The molecule has 8 heteroatoms. The molecule has 1 saturated carbocycles. The van der Waals surface area contributed by atoms with E-state index >= 15 is 0 Å². The summed E-state index contributed by atoms with van der Waals surface area (Å²) in [6, 6.07) is 34.2. The van der Waals surface area contributed by atoms with E-state index in [1.165, 1.54) is 0 Å². The lowest BCUT2D eigenvalue weighted by Crippen LogP contribution is -2.34. The number of hydrogen-bond donors (Lipinski definition) is 1. The molecule has 4 atom stereocenters. The fourth-order valence-electron chi connectivity index (χ4n) is 8.58. The molecule has 3 aliphatic carbocycles. The van der Waals surface area contributed by atoms with Gasteiger partial charge in [0.15, 0.2) is 17.3 Å². The van der Waals surface area contributed by atoms with Crippen molar-refractivity contribution in [1.82, 2.24) is 9.97 Å². The molecule has 0 bridgehead atoms. The number of rotatable bonds is 4. The highest BCUT2D eigenvalue weighted by atomic mass is 35.5. The zero-order valence-corrected chi connectivity index (χ0v) is 29.5. The molecule has 0 spiro atoms.